The molecule has 3 nitrogen and oxygen atoms in total. The van der Waals surface area contributed by atoms with Gasteiger partial charge in [0.1, 0.15) is 12.4 Å². The number of esters is 1. The van der Waals surface area contributed by atoms with Gasteiger partial charge in [0.05, 0.1) is 0 Å². The summed E-state index contributed by atoms with van der Waals surface area (Å²) in [4.78, 5) is 10.7. The molecule has 0 atom stereocenters. The zero-order valence-corrected chi connectivity index (χ0v) is 10.4. The molecular weight excluding hydrogens is 247 g/mol. The second-order valence-electron chi connectivity index (χ2n) is 3.96. The Labute approximate surface area is 110 Å². The molecule has 0 aromatic heterocycles. The topological polar surface area (TPSA) is 35.5 Å². The van der Waals surface area contributed by atoms with Crippen LogP contribution >= 0.6 is 0 Å². The number of hydrogen-bond donors (Lipinski definition) is 0. The molecule has 0 N–H and O–H groups in total. The molecule has 2 aromatic rings. The first kappa shape index (κ1) is 13.1. The van der Waals surface area contributed by atoms with Crippen molar-refractivity contribution in [1.29, 1.82) is 0 Å². The van der Waals surface area contributed by atoms with E-state index in [4.69, 9.17) is 9.47 Å². The molecule has 2 rings (SSSR count). The van der Waals surface area contributed by atoms with Crippen molar-refractivity contribution >= 4 is 5.97 Å². The second kappa shape index (κ2) is 6.00. The Morgan fingerprint density at radius 3 is 2.53 bits per heavy atom. The molecule has 0 heterocycles. The van der Waals surface area contributed by atoms with Crippen LogP contribution in [0.2, 0.25) is 0 Å². The summed E-state index contributed by atoms with van der Waals surface area (Å²) in [7, 11) is 0. The van der Waals surface area contributed by atoms with Crippen molar-refractivity contribution in [1.82, 2.24) is 0 Å². The molecule has 2 aromatic carbocycles. The molecule has 0 radical (unpaired) electrons. The highest BCUT2D eigenvalue weighted by Crippen LogP contribution is 2.25. The summed E-state index contributed by atoms with van der Waals surface area (Å²) in [5.74, 6) is -0.189. The van der Waals surface area contributed by atoms with Gasteiger partial charge in [-0.3, -0.25) is 4.79 Å². The van der Waals surface area contributed by atoms with Gasteiger partial charge in [-0.05, 0) is 29.8 Å². The number of hydrogen-bond acceptors (Lipinski definition) is 3. The van der Waals surface area contributed by atoms with Gasteiger partial charge < -0.3 is 9.47 Å². The fourth-order valence-corrected chi connectivity index (χ4v) is 1.52. The molecule has 0 spiro atoms. The van der Waals surface area contributed by atoms with Crippen molar-refractivity contribution in [3.8, 4) is 11.5 Å². The molecule has 98 valence electrons. The van der Waals surface area contributed by atoms with Gasteiger partial charge in [-0.15, -0.1) is 0 Å². The highest BCUT2D eigenvalue weighted by molar-refractivity contribution is 5.65. The molecule has 0 aliphatic rings. The van der Waals surface area contributed by atoms with Crippen LogP contribution in [0.3, 0.4) is 0 Å². The summed E-state index contributed by atoms with van der Waals surface area (Å²) in [5.41, 5.74) is 0.577. The van der Waals surface area contributed by atoms with Crippen LogP contribution in [0.1, 0.15) is 12.5 Å². The van der Waals surface area contributed by atoms with Gasteiger partial charge in [0, 0.05) is 6.92 Å². The van der Waals surface area contributed by atoms with Gasteiger partial charge >= 0.3 is 5.97 Å². The summed E-state index contributed by atoms with van der Waals surface area (Å²) < 4.78 is 24.0. The maximum atomic E-state index is 13.8. The van der Waals surface area contributed by atoms with Gasteiger partial charge in [0.2, 0.25) is 0 Å². The highest BCUT2D eigenvalue weighted by Gasteiger charge is 2.06. The first-order valence-corrected chi connectivity index (χ1v) is 5.80. The molecule has 0 saturated carbocycles. The summed E-state index contributed by atoms with van der Waals surface area (Å²) in [6, 6.07) is 13.4. The Morgan fingerprint density at radius 2 is 1.89 bits per heavy atom. The number of rotatable bonds is 4. The molecule has 0 aliphatic heterocycles. The Bertz CT molecular complexity index is 567. The van der Waals surface area contributed by atoms with Crippen molar-refractivity contribution < 1.29 is 18.7 Å². The number of carbonyl (C=O) groups is 1. The molecule has 0 aliphatic carbocycles. The maximum absolute atomic E-state index is 13.8. The van der Waals surface area contributed by atoms with Crippen LogP contribution in [-0.4, -0.2) is 5.97 Å². The van der Waals surface area contributed by atoms with Crippen LogP contribution in [0.15, 0.2) is 48.5 Å². The molecule has 4 heteroatoms. The zero-order valence-electron chi connectivity index (χ0n) is 10.4. The number of para-hydroxylation sites is 1. The third-order valence-electron chi connectivity index (χ3n) is 2.41. The van der Waals surface area contributed by atoms with Gasteiger partial charge in [0.25, 0.3) is 0 Å². The lowest BCUT2D eigenvalue weighted by Gasteiger charge is -2.08. The third-order valence-corrected chi connectivity index (χ3v) is 2.41. The first-order chi connectivity index (χ1) is 9.15. The van der Waals surface area contributed by atoms with E-state index in [0.29, 0.717) is 11.3 Å². The van der Waals surface area contributed by atoms with Crippen molar-refractivity contribution in [2.24, 2.45) is 0 Å². The minimum Gasteiger partial charge on any atom is -0.461 e. The minimum absolute atomic E-state index is 0.0534. The summed E-state index contributed by atoms with van der Waals surface area (Å²) >= 11 is 0. The lowest BCUT2D eigenvalue weighted by molar-refractivity contribution is -0.142. The van der Waals surface area contributed by atoms with Crippen LogP contribution in [0.5, 0.6) is 11.5 Å². The van der Waals surface area contributed by atoms with E-state index in [0.717, 1.165) is 0 Å². The number of carbonyl (C=O) groups excluding carboxylic acids is 1. The quantitative estimate of drug-likeness (QED) is 0.786. The van der Waals surface area contributed by atoms with E-state index in [1.165, 1.54) is 19.1 Å². The Balaban J connectivity index is 2.09. The molecular formula is C15H13FO3. The van der Waals surface area contributed by atoms with E-state index >= 15 is 0 Å². The lowest BCUT2D eigenvalue weighted by Crippen LogP contribution is -1.99. The summed E-state index contributed by atoms with van der Waals surface area (Å²) in [5, 5.41) is 0. The monoisotopic (exact) mass is 260 g/mol. The Kier molecular flexibility index (Phi) is 4.13. The predicted molar refractivity (Wildman–Crippen MR) is 68.4 cm³/mol. The molecule has 0 bridgehead atoms. The molecule has 0 saturated heterocycles. The molecule has 0 fully saturated rings. The highest BCUT2D eigenvalue weighted by atomic mass is 19.1. The number of benzene rings is 2. The summed E-state index contributed by atoms with van der Waals surface area (Å²) in [6.45, 7) is 1.36. The average Bonchev–Trinajstić information content (AvgIpc) is 2.40. The average molecular weight is 260 g/mol. The predicted octanol–water partition coefficient (Wildman–Crippen LogP) is 3.68. The van der Waals surface area contributed by atoms with Crippen LogP contribution in [0.4, 0.5) is 4.39 Å². The van der Waals surface area contributed by atoms with Crippen molar-refractivity contribution in [3.63, 3.8) is 0 Å². The van der Waals surface area contributed by atoms with Crippen molar-refractivity contribution in [2.45, 2.75) is 13.5 Å². The van der Waals surface area contributed by atoms with E-state index < -0.39 is 11.8 Å². The smallest absolute Gasteiger partial charge is 0.302 e. The standard InChI is InChI=1S/C15H13FO3/c1-11(17)18-10-12-7-8-15(14(16)9-12)19-13-5-3-2-4-6-13/h2-9H,10H2,1H3. The first-order valence-electron chi connectivity index (χ1n) is 5.80. The third kappa shape index (κ3) is 3.81. The van der Waals surface area contributed by atoms with Crippen LogP contribution in [0, 0.1) is 5.82 Å². The lowest BCUT2D eigenvalue weighted by atomic mass is 10.2. The van der Waals surface area contributed by atoms with E-state index in [2.05, 4.69) is 0 Å². The van der Waals surface area contributed by atoms with Gasteiger partial charge in [-0.2, -0.15) is 0 Å². The van der Waals surface area contributed by atoms with E-state index in [9.17, 15) is 9.18 Å². The normalized spacial score (nSPS) is 10.0. The van der Waals surface area contributed by atoms with Gasteiger partial charge in [-0.25, -0.2) is 4.39 Å². The summed E-state index contributed by atoms with van der Waals surface area (Å²) in [6.07, 6.45) is 0. The Hall–Kier alpha value is -2.36. The van der Waals surface area contributed by atoms with E-state index in [1.54, 1.807) is 18.2 Å². The zero-order chi connectivity index (χ0) is 13.7. The van der Waals surface area contributed by atoms with Crippen molar-refractivity contribution in [3.05, 3.63) is 59.9 Å². The SMILES string of the molecule is CC(=O)OCc1ccc(Oc2ccccc2)c(F)c1. The van der Waals surface area contributed by atoms with E-state index in [-0.39, 0.29) is 12.4 Å². The van der Waals surface area contributed by atoms with E-state index in [1.807, 2.05) is 18.2 Å². The maximum Gasteiger partial charge on any atom is 0.302 e. The van der Waals surface area contributed by atoms with Crippen molar-refractivity contribution in [2.75, 3.05) is 0 Å². The largest absolute Gasteiger partial charge is 0.461 e. The van der Waals surface area contributed by atoms with Gasteiger partial charge in [-0.1, -0.05) is 24.3 Å². The minimum atomic E-state index is -0.492. The van der Waals surface area contributed by atoms with Crippen LogP contribution in [0.25, 0.3) is 0 Å². The fourth-order valence-electron chi connectivity index (χ4n) is 1.52. The molecule has 0 unspecified atom stereocenters. The molecule has 0 amide bonds. The second-order valence-corrected chi connectivity index (χ2v) is 3.96. The molecule has 19 heavy (non-hydrogen) atoms. The van der Waals surface area contributed by atoms with Gasteiger partial charge in [0.15, 0.2) is 11.6 Å². The van der Waals surface area contributed by atoms with Crippen LogP contribution in [-0.2, 0) is 16.1 Å². The number of halogens is 1. The number of ether oxygens (including phenoxy) is 2. The Morgan fingerprint density at radius 1 is 1.16 bits per heavy atom. The fraction of sp³-hybridized carbons (Fsp3) is 0.133. The van der Waals surface area contributed by atoms with Crippen LogP contribution < -0.4 is 4.74 Å².